The molecular formula is C10H17N3O4. The summed E-state index contributed by atoms with van der Waals surface area (Å²) in [5, 5.41) is 4.70. The number of carbonyl (C=O) groups excluding carboxylic acids is 4. The van der Waals surface area contributed by atoms with Crippen LogP contribution in [0.5, 0.6) is 0 Å². The number of nitrogens with two attached hydrogens (primary N) is 1. The van der Waals surface area contributed by atoms with Crippen molar-refractivity contribution in [2.45, 2.75) is 32.2 Å². The molecule has 0 rings (SSSR count). The predicted molar refractivity (Wildman–Crippen MR) is 59.7 cm³/mol. The standard InChI is InChI=1S/C10H17N3O4/c1-2-8(15)12-6-9(16)13-7(10(11)17)4-3-5-14/h5,7H,2-4,6H2,1H3,(H2,11,17)(H,12,15)(H,13,16)/t7-/m0/s1. The van der Waals surface area contributed by atoms with E-state index in [-0.39, 0.29) is 31.7 Å². The second-order valence-electron chi connectivity index (χ2n) is 3.40. The van der Waals surface area contributed by atoms with Crippen LogP contribution in [-0.4, -0.2) is 36.6 Å². The normalized spacial score (nSPS) is 11.4. The van der Waals surface area contributed by atoms with Crippen molar-refractivity contribution in [3.05, 3.63) is 0 Å². The summed E-state index contributed by atoms with van der Waals surface area (Å²) in [6, 6.07) is -0.883. The molecule has 0 saturated heterocycles. The van der Waals surface area contributed by atoms with Gasteiger partial charge in [-0.25, -0.2) is 0 Å². The summed E-state index contributed by atoms with van der Waals surface area (Å²) in [5.74, 6) is -1.48. The maximum Gasteiger partial charge on any atom is 0.240 e. The first-order valence-electron chi connectivity index (χ1n) is 5.30. The van der Waals surface area contributed by atoms with Gasteiger partial charge in [0, 0.05) is 12.8 Å². The number of aldehydes is 1. The number of nitrogens with one attached hydrogen (secondary N) is 2. The van der Waals surface area contributed by atoms with Crippen LogP contribution >= 0.6 is 0 Å². The lowest BCUT2D eigenvalue weighted by Crippen LogP contribution is -2.47. The van der Waals surface area contributed by atoms with Gasteiger partial charge in [0.25, 0.3) is 0 Å². The van der Waals surface area contributed by atoms with Gasteiger partial charge in [0.15, 0.2) is 0 Å². The highest BCUT2D eigenvalue weighted by Crippen LogP contribution is 1.94. The molecular weight excluding hydrogens is 226 g/mol. The van der Waals surface area contributed by atoms with E-state index in [1.807, 2.05) is 0 Å². The number of amides is 3. The minimum atomic E-state index is -0.883. The highest BCUT2D eigenvalue weighted by atomic mass is 16.2. The third kappa shape index (κ3) is 7.04. The van der Waals surface area contributed by atoms with Crippen LogP contribution in [0.1, 0.15) is 26.2 Å². The van der Waals surface area contributed by atoms with Gasteiger partial charge in [0.05, 0.1) is 6.54 Å². The van der Waals surface area contributed by atoms with Crippen molar-refractivity contribution in [1.29, 1.82) is 0 Å². The Kier molecular flexibility index (Phi) is 7.32. The fourth-order valence-electron chi connectivity index (χ4n) is 1.07. The van der Waals surface area contributed by atoms with E-state index in [4.69, 9.17) is 5.73 Å². The van der Waals surface area contributed by atoms with E-state index >= 15 is 0 Å². The van der Waals surface area contributed by atoms with E-state index < -0.39 is 17.9 Å². The molecule has 0 fully saturated rings. The molecule has 0 aromatic heterocycles. The molecule has 0 bridgehead atoms. The quantitative estimate of drug-likeness (QED) is 0.448. The first-order valence-corrected chi connectivity index (χ1v) is 5.30. The Morgan fingerprint density at radius 1 is 1.29 bits per heavy atom. The zero-order chi connectivity index (χ0) is 13.3. The van der Waals surface area contributed by atoms with E-state index in [2.05, 4.69) is 10.6 Å². The molecule has 0 spiro atoms. The third-order valence-corrected chi connectivity index (χ3v) is 2.02. The summed E-state index contributed by atoms with van der Waals surface area (Å²) in [4.78, 5) is 43.3. The number of primary amides is 1. The van der Waals surface area contributed by atoms with Crippen molar-refractivity contribution in [3.8, 4) is 0 Å². The zero-order valence-electron chi connectivity index (χ0n) is 9.69. The van der Waals surface area contributed by atoms with Gasteiger partial charge in [0.2, 0.25) is 17.7 Å². The average molecular weight is 243 g/mol. The fourth-order valence-corrected chi connectivity index (χ4v) is 1.07. The predicted octanol–water partition coefficient (Wildman–Crippen LogP) is -1.54. The first kappa shape index (κ1) is 15.1. The molecule has 0 aromatic rings. The van der Waals surface area contributed by atoms with Gasteiger partial charge in [-0.15, -0.1) is 0 Å². The monoisotopic (exact) mass is 243 g/mol. The third-order valence-electron chi connectivity index (χ3n) is 2.02. The maximum absolute atomic E-state index is 11.3. The van der Waals surface area contributed by atoms with Gasteiger partial charge in [-0.1, -0.05) is 6.92 Å². The molecule has 4 N–H and O–H groups in total. The van der Waals surface area contributed by atoms with Crippen molar-refractivity contribution >= 4 is 24.0 Å². The van der Waals surface area contributed by atoms with E-state index in [9.17, 15) is 19.2 Å². The summed E-state index contributed by atoms with van der Waals surface area (Å²) in [6.07, 6.45) is 1.21. The lowest BCUT2D eigenvalue weighted by molar-refractivity contribution is -0.128. The second kappa shape index (κ2) is 8.26. The van der Waals surface area contributed by atoms with Gasteiger partial charge in [-0.2, -0.15) is 0 Å². The van der Waals surface area contributed by atoms with Crippen molar-refractivity contribution in [3.63, 3.8) is 0 Å². The Morgan fingerprint density at radius 3 is 2.41 bits per heavy atom. The lowest BCUT2D eigenvalue weighted by atomic mass is 10.1. The molecule has 3 amide bonds. The van der Waals surface area contributed by atoms with Crippen LogP contribution in [0, 0.1) is 0 Å². The number of rotatable bonds is 8. The second-order valence-corrected chi connectivity index (χ2v) is 3.40. The van der Waals surface area contributed by atoms with E-state index in [1.54, 1.807) is 6.92 Å². The zero-order valence-corrected chi connectivity index (χ0v) is 9.69. The topological polar surface area (TPSA) is 118 Å². The Labute approximate surface area is 99.1 Å². The Balaban J connectivity index is 4.07. The average Bonchev–Trinajstić information content (AvgIpc) is 2.30. The number of hydrogen-bond donors (Lipinski definition) is 3. The smallest absolute Gasteiger partial charge is 0.240 e. The van der Waals surface area contributed by atoms with Crippen LogP contribution < -0.4 is 16.4 Å². The van der Waals surface area contributed by atoms with Gasteiger partial charge in [0.1, 0.15) is 12.3 Å². The molecule has 0 aliphatic rings. The molecule has 0 heterocycles. The summed E-state index contributed by atoms with van der Waals surface area (Å²) in [7, 11) is 0. The molecule has 0 radical (unpaired) electrons. The molecule has 17 heavy (non-hydrogen) atoms. The molecule has 96 valence electrons. The molecule has 0 aliphatic heterocycles. The number of carbonyl (C=O) groups is 4. The molecule has 0 aliphatic carbocycles. The summed E-state index contributed by atoms with van der Waals surface area (Å²) in [6.45, 7) is 1.45. The highest BCUT2D eigenvalue weighted by molar-refractivity contribution is 5.89. The van der Waals surface area contributed by atoms with Crippen molar-refractivity contribution in [2.75, 3.05) is 6.54 Å². The largest absolute Gasteiger partial charge is 0.368 e. The van der Waals surface area contributed by atoms with E-state index in [0.29, 0.717) is 6.29 Å². The minimum absolute atomic E-state index is 0.134. The summed E-state index contributed by atoms with van der Waals surface area (Å²) in [5.41, 5.74) is 5.05. The number of hydrogen-bond acceptors (Lipinski definition) is 4. The maximum atomic E-state index is 11.3. The van der Waals surface area contributed by atoms with Gasteiger partial charge >= 0.3 is 0 Å². The Morgan fingerprint density at radius 2 is 1.94 bits per heavy atom. The Bertz CT molecular complexity index is 304. The molecule has 0 aromatic carbocycles. The fraction of sp³-hybridized carbons (Fsp3) is 0.600. The van der Waals surface area contributed by atoms with Crippen molar-refractivity contribution in [2.24, 2.45) is 5.73 Å². The van der Waals surface area contributed by atoms with Crippen LogP contribution in [0.2, 0.25) is 0 Å². The Hall–Kier alpha value is -1.92. The first-order chi connectivity index (χ1) is 8.01. The van der Waals surface area contributed by atoms with Crippen LogP contribution in [0.25, 0.3) is 0 Å². The van der Waals surface area contributed by atoms with E-state index in [0.717, 1.165) is 0 Å². The molecule has 7 heteroatoms. The van der Waals surface area contributed by atoms with Crippen molar-refractivity contribution in [1.82, 2.24) is 10.6 Å². The van der Waals surface area contributed by atoms with Gasteiger partial charge in [-0.05, 0) is 6.42 Å². The van der Waals surface area contributed by atoms with Gasteiger partial charge in [-0.3, -0.25) is 14.4 Å². The summed E-state index contributed by atoms with van der Waals surface area (Å²) < 4.78 is 0. The highest BCUT2D eigenvalue weighted by Gasteiger charge is 2.17. The molecule has 1 atom stereocenters. The van der Waals surface area contributed by atoms with Crippen molar-refractivity contribution < 1.29 is 19.2 Å². The van der Waals surface area contributed by atoms with Crippen LogP contribution in [-0.2, 0) is 19.2 Å². The molecule has 0 unspecified atom stereocenters. The van der Waals surface area contributed by atoms with E-state index in [1.165, 1.54) is 0 Å². The molecule has 7 nitrogen and oxygen atoms in total. The van der Waals surface area contributed by atoms with Gasteiger partial charge < -0.3 is 21.2 Å². The van der Waals surface area contributed by atoms with Crippen LogP contribution in [0.3, 0.4) is 0 Å². The summed E-state index contributed by atoms with van der Waals surface area (Å²) >= 11 is 0. The molecule has 0 saturated carbocycles. The SMILES string of the molecule is CCC(=O)NCC(=O)N[C@@H](CCC=O)C(N)=O. The lowest BCUT2D eigenvalue weighted by Gasteiger charge is -2.14. The minimum Gasteiger partial charge on any atom is -0.368 e. The van der Waals surface area contributed by atoms with Crippen LogP contribution in [0.4, 0.5) is 0 Å². The van der Waals surface area contributed by atoms with Crippen LogP contribution in [0.15, 0.2) is 0 Å².